The molecule has 3 unspecified atom stereocenters. The maximum atomic E-state index is 12.2. The molecule has 0 saturated carbocycles. The summed E-state index contributed by atoms with van der Waals surface area (Å²) in [5.41, 5.74) is 0. The Morgan fingerprint density at radius 2 is 2.12 bits per heavy atom. The molecule has 3 atom stereocenters. The second-order valence-electron chi connectivity index (χ2n) is 5.21. The largest absolute Gasteiger partial charge is 0.392 e. The van der Waals surface area contributed by atoms with Crippen molar-refractivity contribution in [2.75, 3.05) is 19.6 Å². The number of carbonyl (C=O) groups excluding carboxylic acids is 1. The number of amides is 1. The first kappa shape index (κ1) is 14.7. The molecule has 0 aliphatic carbocycles. The van der Waals surface area contributed by atoms with Crippen LogP contribution in [0.4, 0.5) is 0 Å². The van der Waals surface area contributed by atoms with Crippen LogP contribution in [-0.4, -0.2) is 47.7 Å². The lowest BCUT2D eigenvalue weighted by Gasteiger charge is -2.24. The van der Waals surface area contributed by atoms with Crippen LogP contribution < -0.4 is 5.32 Å². The van der Waals surface area contributed by atoms with E-state index in [2.05, 4.69) is 12.2 Å². The van der Waals surface area contributed by atoms with Crippen LogP contribution in [0.3, 0.4) is 0 Å². The van der Waals surface area contributed by atoms with Crippen LogP contribution in [0.2, 0.25) is 0 Å². The Morgan fingerprint density at radius 1 is 1.35 bits per heavy atom. The van der Waals surface area contributed by atoms with Gasteiger partial charge in [0, 0.05) is 19.6 Å². The molecule has 4 nitrogen and oxygen atoms in total. The third-order valence-electron chi connectivity index (χ3n) is 3.73. The first-order chi connectivity index (χ1) is 7.66. The van der Waals surface area contributed by atoms with E-state index in [1.807, 2.05) is 4.90 Å². The minimum atomic E-state index is -0.347. The van der Waals surface area contributed by atoms with Gasteiger partial charge in [-0.25, -0.2) is 0 Å². The Bertz CT molecular complexity index is 263. The van der Waals surface area contributed by atoms with Crippen molar-refractivity contribution in [2.45, 2.75) is 44.8 Å². The maximum absolute atomic E-state index is 12.2. The van der Waals surface area contributed by atoms with Crippen LogP contribution in [0.5, 0.6) is 0 Å². The van der Waals surface area contributed by atoms with Gasteiger partial charge in [0.1, 0.15) is 0 Å². The highest BCUT2D eigenvalue weighted by Gasteiger charge is 2.31. The van der Waals surface area contributed by atoms with E-state index in [1.54, 1.807) is 0 Å². The van der Waals surface area contributed by atoms with Gasteiger partial charge >= 0.3 is 0 Å². The molecule has 100 valence electrons. The monoisotopic (exact) mass is 262 g/mol. The van der Waals surface area contributed by atoms with Crippen molar-refractivity contribution >= 4 is 18.3 Å². The fourth-order valence-corrected chi connectivity index (χ4v) is 2.61. The van der Waals surface area contributed by atoms with Crippen LogP contribution >= 0.6 is 12.4 Å². The van der Waals surface area contributed by atoms with E-state index in [0.29, 0.717) is 13.0 Å². The Labute approximate surface area is 109 Å². The molecule has 2 aliphatic heterocycles. The van der Waals surface area contributed by atoms with Crippen molar-refractivity contribution in [1.82, 2.24) is 10.2 Å². The van der Waals surface area contributed by atoms with Crippen molar-refractivity contribution in [3.63, 3.8) is 0 Å². The second-order valence-corrected chi connectivity index (χ2v) is 5.21. The first-order valence-corrected chi connectivity index (χ1v) is 6.37. The molecule has 0 bridgehead atoms. The smallest absolute Gasteiger partial charge is 0.239 e. The van der Waals surface area contributed by atoms with Gasteiger partial charge in [-0.05, 0) is 31.6 Å². The standard InChI is InChI=1S/C12H22N2O2.ClH/c1-9-3-2-5-14(6-4-9)12(16)11-7-10(15)8-13-11;/h9-11,13,15H,2-8H2,1H3;1H. The van der Waals surface area contributed by atoms with Crippen molar-refractivity contribution in [2.24, 2.45) is 5.92 Å². The zero-order chi connectivity index (χ0) is 11.5. The molecule has 0 aromatic rings. The third-order valence-corrected chi connectivity index (χ3v) is 3.73. The lowest BCUT2D eigenvalue weighted by Crippen LogP contribution is -2.44. The molecule has 2 N–H and O–H groups in total. The Morgan fingerprint density at radius 3 is 2.76 bits per heavy atom. The van der Waals surface area contributed by atoms with Gasteiger partial charge < -0.3 is 15.3 Å². The number of halogens is 1. The minimum absolute atomic E-state index is 0. The van der Waals surface area contributed by atoms with Crippen LogP contribution in [0.15, 0.2) is 0 Å². The summed E-state index contributed by atoms with van der Waals surface area (Å²) in [7, 11) is 0. The molecule has 17 heavy (non-hydrogen) atoms. The minimum Gasteiger partial charge on any atom is -0.392 e. The predicted octanol–water partition coefficient (Wildman–Crippen LogP) is 0.780. The quantitative estimate of drug-likeness (QED) is 0.734. The second kappa shape index (κ2) is 6.57. The summed E-state index contributed by atoms with van der Waals surface area (Å²) in [4.78, 5) is 14.1. The number of likely N-dealkylation sites (tertiary alicyclic amines) is 1. The van der Waals surface area contributed by atoms with E-state index in [9.17, 15) is 9.90 Å². The maximum Gasteiger partial charge on any atom is 0.239 e. The number of nitrogens with zero attached hydrogens (tertiary/aromatic N) is 1. The van der Waals surface area contributed by atoms with Gasteiger partial charge in [0.25, 0.3) is 0 Å². The lowest BCUT2D eigenvalue weighted by molar-refractivity contribution is -0.133. The molecule has 2 fully saturated rings. The van der Waals surface area contributed by atoms with E-state index in [1.165, 1.54) is 6.42 Å². The van der Waals surface area contributed by atoms with Crippen molar-refractivity contribution in [3.05, 3.63) is 0 Å². The van der Waals surface area contributed by atoms with Crippen molar-refractivity contribution in [1.29, 1.82) is 0 Å². The molecular weight excluding hydrogens is 240 g/mol. The molecule has 2 aliphatic rings. The third kappa shape index (κ3) is 3.83. The van der Waals surface area contributed by atoms with E-state index < -0.39 is 0 Å². The van der Waals surface area contributed by atoms with Gasteiger partial charge in [0.15, 0.2) is 0 Å². The van der Waals surface area contributed by atoms with Crippen LogP contribution in [-0.2, 0) is 4.79 Å². The van der Waals surface area contributed by atoms with Gasteiger partial charge in [-0.15, -0.1) is 12.4 Å². The lowest BCUT2D eigenvalue weighted by atomic mass is 10.0. The molecule has 0 spiro atoms. The Hall–Kier alpha value is -0.320. The number of hydrogen-bond donors (Lipinski definition) is 2. The first-order valence-electron chi connectivity index (χ1n) is 6.37. The fraction of sp³-hybridized carbons (Fsp3) is 0.917. The van der Waals surface area contributed by atoms with E-state index in [0.717, 1.165) is 31.8 Å². The van der Waals surface area contributed by atoms with E-state index in [4.69, 9.17) is 0 Å². The number of aliphatic hydroxyl groups excluding tert-OH is 1. The number of rotatable bonds is 1. The number of aliphatic hydroxyl groups is 1. The zero-order valence-corrected chi connectivity index (χ0v) is 11.2. The van der Waals surface area contributed by atoms with Crippen molar-refractivity contribution < 1.29 is 9.90 Å². The molecule has 2 rings (SSSR count). The molecular formula is C12H23ClN2O2. The number of β-amino-alcohol motifs (C(OH)–C–C–N with tert-alkyl or cyclic N) is 1. The number of carbonyl (C=O) groups is 1. The van der Waals surface area contributed by atoms with Crippen LogP contribution in [0.25, 0.3) is 0 Å². The molecule has 2 heterocycles. The van der Waals surface area contributed by atoms with Gasteiger partial charge in [-0.2, -0.15) is 0 Å². The average Bonchev–Trinajstić information content (AvgIpc) is 2.57. The van der Waals surface area contributed by atoms with Gasteiger partial charge in [0.05, 0.1) is 12.1 Å². The summed E-state index contributed by atoms with van der Waals surface area (Å²) in [6.07, 6.45) is 3.68. The molecule has 0 radical (unpaired) electrons. The summed E-state index contributed by atoms with van der Waals surface area (Å²) in [6.45, 7) is 4.58. The Balaban J connectivity index is 0.00000144. The van der Waals surface area contributed by atoms with Crippen molar-refractivity contribution in [3.8, 4) is 0 Å². The molecule has 2 saturated heterocycles. The summed E-state index contributed by atoms with van der Waals surface area (Å²) in [5, 5.41) is 12.5. The normalized spacial score (nSPS) is 34.0. The predicted molar refractivity (Wildman–Crippen MR) is 69.3 cm³/mol. The Kier molecular flexibility index (Phi) is 5.70. The number of nitrogens with one attached hydrogen (secondary N) is 1. The summed E-state index contributed by atoms with van der Waals surface area (Å²) < 4.78 is 0. The van der Waals surface area contributed by atoms with Gasteiger partial charge in [0.2, 0.25) is 5.91 Å². The fourth-order valence-electron chi connectivity index (χ4n) is 2.61. The molecule has 1 amide bonds. The van der Waals surface area contributed by atoms with E-state index >= 15 is 0 Å². The number of hydrogen-bond acceptors (Lipinski definition) is 3. The molecule has 0 aromatic carbocycles. The summed E-state index contributed by atoms with van der Waals surface area (Å²) >= 11 is 0. The SMILES string of the molecule is CC1CCCN(C(=O)C2CC(O)CN2)CC1.Cl. The molecule has 0 aromatic heterocycles. The molecule has 5 heteroatoms. The highest BCUT2D eigenvalue weighted by Crippen LogP contribution is 2.18. The average molecular weight is 263 g/mol. The van der Waals surface area contributed by atoms with Gasteiger partial charge in [-0.3, -0.25) is 4.79 Å². The van der Waals surface area contributed by atoms with Crippen LogP contribution in [0.1, 0.15) is 32.6 Å². The highest BCUT2D eigenvalue weighted by molar-refractivity contribution is 5.85. The van der Waals surface area contributed by atoms with Gasteiger partial charge in [-0.1, -0.05) is 6.92 Å². The van der Waals surface area contributed by atoms with Crippen LogP contribution in [0, 0.1) is 5.92 Å². The zero-order valence-electron chi connectivity index (χ0n) is 10.4. The highest BCUT2D eigenvalue weighted by atomic mass is 35.5. The summed E-state index contributed by atoms with van der Waals surface area (Å²) in [5.74, 6) is 0.922. The topological polar surface area (TPSA) is 52.6 Å². The van der Waals surface area contributed by atoms with E-state index in [-0.39, 0.29) is 30.5 Å². The summed E-state index contributed by atoms with van der Waals surface area (Å²) in [6, 6.07) is -0.150.